The second-order valence-electron chi connectivity index (χ2n) is 24.2. The predicted molar refractivity (Wildman–Crippen MR) is 290 cm³/mol. The van der Waals surface area contributed by atoms with Crippen LogP contribution in [0.3, 0.4) is 0 Å². The number of likely N-dealkylation sites (tertiary alicyclic amines) is 1. The average Bonchev–Trinajstić information content (AvgIpc) is 4.18. The van der Waals surface area contributed by atoms with Crippen molar-refractivity contribution in [1.29, 1.82) is 5.26 Å². The lowest BCUT2D eigenvalue weighted by molar-refractivity contribution is -0.199. The van der Waals surface area contributed by atoms with E-state index in [0.717, 1.165) is 143 Å². The van der Waals surface area contributed by atoms with Gasteiger partial charge in [0.05, 0.1) is 17.9 Å². The summed E-state index contributed by atoms with van der Waals surface area (Å²) in [5.41, 5.74) is -0.198. The van der Waals surface area contributed by atoms with Crippen molar-refractivity contribution in [2.24, 2.45) is 28.6 Å². The summed E-state index contributed by atoms with van der Waals surface area (Å²) in [6.45, 7) is 21.1. The van der Waals surface area contributed by atoms with Crippen molar-refractivity contribution in [3.63, 3.8) is 0 Å². The molecule has 0 spiro atoms. The lowest BCUT2D eigenvalue weighted by atomic mass is 9.92. The minimum Gasteiger partial charge on any atom is -0.340 e. The summed E-state index contributed by atoms with van der Waals surface area (Å²) >= 11 is 0. The smallest absolute Gasteiger partial charge is 0.340 e. The molecule has 0 N–H and O–H groups in total. The van der Waals surface area contributed by atoms with Gasteiger partial charge in [0.1, 0.15) is 10.8 Å². The molecule has 4 saturated carbocycles. The predicted octanol–water partition coefficient (Wildman–Crippen LogP) is 3.31. The zero-order chi connectivity index (χ0) is 55.7. The Morgan fingerprint density at radius 3 is 1.31 bits per heavy atom. The number of benzene rings is 1. The number of carbonyl (C=O) groups excluding carboxylic acids is 5. The number of halogens is 3. The molecule has 6 aliphatic heterocycles. The van der Waals surface area contributed by atoms with Crippen molar-refractivity contribution in [2.45, 2.75) is 76.8 Å². The molecule has 6 heterocycles. The second-order valence-corrected chi connectivity index (χ2v) is 24.2. The minimum atomic E-state index is -4.38. The molecule has 20 heteroatoms. The standard InChI is InChI=1S/C17H24N2O.C10H15F3N2O.C10H19N3O.C10H15N3O.C10H18N2O/c1-13-3-5-14(6-4-13)16(15-7-8-15)17(20)19-11-9-18(2)10-12-19;1-14-4-6-15(7-5-14)8(16)9(2-3-9)10(11,12)13;1-11-3-5-13(6-4-11)10(14)9-7-12(2)8-9;1-12-4-6-13(7-5-12)9(14)10(8-11)2-3-10;1-11-4-6-12(7-5-11)10(13)8-9-2-3-9/h3-6,15-16H,7-12H2,1-2H3;2-7H2,1H3;9H,3-8H2,1-2H3;2-7H2,1H3;9H,2-8H2,1H3. The van der Waals surface area contributed by atoms with Crippen molar-refractivity contribution in [1.82, 2.24) is 53.9 Å². The largest absolute Gasteiger partial charge is 0.403 e. The number of amides is 5. The fourth-order valence-electron chi connectivity index (χ4n) is 10.8. The topological polar surface area (TPSA) is 145 Å². The van der Waals surface area contributed by atoms with Crippen LogP contribution in [0.25, 0.3) is 0 Å². The zero-order valence-electron chi connectivity index (χ0n) is 47.6. The van der Waals surface area contributed by atoms with Crippen molar-refractivity contribution in [3.8, 4) is 6.07 Å². The molecule has 1 aromatic rings. The van der Waals surface area contributed by atoms with Crippen LogP contribution < -0.4 is 0 Å². The molecule has 17 nitrogen and oxygen atoms in total. The van der Waals surface area contributed by atoms with Gasteiger partial charge in [-0.25, -0.2) is 0 Å². The molecular weight excluding hydrogens is 990 g/mol. The normalized spacial score (nSPS) is 24.6. The maximum atomic E-state index is 12.9. The number of nitrogens with zero attached hydrogens (tertiary/aromatic N) is 12. The maximum Gasteiger partial charge on any atom is 0.403 e. The Morgan fingerprint density at radius 1 is 0.545 bits per heavy atom. The highest BCUT2D eigenvalue weighted by molar-refractivity contribution is 5.88. The van der Waals surface area contributed by atoms with E-state index in [2.05, 4.69) is 102 Å². The van der Waals surface area contributed by atoms with Crippen LogP contribution >= 0.6 is 0 Å². The number of rotatable bonds is 8. The monoisotopic (exact) mass is 1080 g/mol. The first-order valence-corrected chi connectivity index (χ1v) is 28.7. The highest BCUT2D eigenvalue weighted by atomic mass is 19.4. The Bertz CT molecular complexity index is 2150. The summed E-state index contributed by atoms with van der Waals surface area (Å²) in [6, 6.07) is 10.7. The third kappa shape index (κ3) is 16.8. The van der Waals surface area contributed by atoms with Crippen molar-refractivity contribution in [3.05, 3.63) is 35.4 Å². The molecule has 4 aliphatic carbocycles. The van der Waals surface area contributed by atoms with E-state index in [9.17, 15) is 37.1 Å². The van der Waals surface area contributed by atoms with Crippen LogP contribution in [0.5, 0.6) is 0 Å². The lowest BCUT2D eigenvalue weighted by Crippen LogP contribution is -2.56. The van der Waals surface area contributed by atoms with E-state index in [0.29, 0.717) is 49.8 Å². The Balaban J connectivity index is 0.000000141. The molecule has 430 valence electrons. The van der Waals surface area contributed by atoms with Gasteiger partial charge in [-0.3, -0.25) is 24.0 Å². The molecule has 11 rings (SSSR count). The highest BCUT2D eigenvalue weighted by Gasteiger charge is 2.69. The first-order chi connectivity index (χ1) is 36.6. The first-order valence-electron chi connectivity index (χ1n) is 28.7. The molecule has 0 radical (unpaired) electrons. The molecule has 0 bridgehead atoms. The number of aryl methyl sites for hydroxylation is 1. The zero-order valence-corrected chi connectivity index (χ0v) is 47.6. The number of carbonyl (C=O) groups is 5. The molecule has 10 aliphatic rings. The van der Waals surface area contributed by atoms with E-state index < -0.39 is 22.9 Å². The Kier molecular flexibility index (Phi) is 20.9. The average molecular weight is 1080 g/mol. The molecule has 0 aromatic heterocycles. The summed E-state index contributed by atoms with van der Waals surface area (Å²) in [4.78, 5) is 82.8. The van der Waals surface area contributed by atoms with Gasteiger partial charge in [-0.2, -0.15) is 18.4 Å². The van der Waals surface area contributed by atoms with Crippen LogP contribution in [-0.4, -0.2) is 276 Å². The molecule has 6 saturated heterocycles. The number of piperazine rings is 5. The van der Waals surface area contributed by atoms with Gasteiger partial charge < -0.3 is 53.9 Å². The first kappa shape index (κ1) is 60.3. The van der Waals surface area contributed by atoms with Crippen molar-refractivity contribution < 1.29 is 37.1 Å². The molecule has 10 fully saturated rings. The van der Waals surface area contributed by atoms with Crippen LogP contribution in [-0.2, 0) is 24.0 Å². The van der Waals surface area contributed by atoms with E-state index in [1.54, 1.807) is 0 Å². The van der Waals surface area contributed by atoms with Crippen molar-refractivity contribution in [2.75, 3.05) is 186 Å². The summed E-state index contributed by atoms with van der Waals surface area (Å²) in [7, 11) is 12.4. The van der Waals surface area contributed by atoms with Gasteiger partial charge >= 0.3 is 6.18 Å². The number of likely N-dealkylation sites (N-methyl/N-ethyl adjacent to an activating group) is 5. The van der Waals surface area contributed by atoms with Gasteiger partial charge in [-0.05, 0) is 118 Å². The Labute approximate surface area is 457 Å². The molecule has 1 atom stereocenters. The number of hydrogen-bond donors (Lipinski definition) is 0. The lowest BCUT2D eigenvalue weighted by Gasteiger charge is -2.40. The number of nitriles is 1. The van der Waals surface area contributed by atoms with E-state index in [-0.39, 0.29) is 30.6 Å². The minimum absolute atomic E-state index is 0.0400. The fraction of sp³-hybridized carbons (Fsp3) is 0.789. The van der Waals surface area contributed by atoms with Gasteiger partial charge in [-0.1, -0.05) is 29.8 Å². The third-order valence-electron chi connectivity index (χ3n) is 17.5. The van der Waals surface area contributed by atoms with E-state index in [1.165, 1.54) is 41.7 Å². The molecular formula is C57H91F3N12O5. The number of alkyl halides is 3. The van der Waals surface area contributed by atoms with E-state index in [1.807, 2.05) is 26.6 Å². The summed E-state index contributed by atoms with van der Waals surface area (Å²) in [6.07, 6.45) is 2.83. The van der Waals surface area contributed by atoms with Gasteiger partial charge in [0.15, 0.2) is 0 Å². The van der Waals surface area contributed by atoms with Crippen LogP contribution in [0, 0.1) is 46.8 Å². The van der Waals surface area contributed by atoms with Crippen LogP contribution in [0.2, 0.25) is 0 Å². The third-order valence-corrected chi connectivity index (χ3v) is 17.5. The van der Waals surface area contributed by atoms with Gasteiger partial charge in [0.25, 0.3) is 0 Å². The molecule has 5 amide bonds. The fourth-order valence-corrected chi connectivity index (χ4v) is 10.8. The summed E-state index contributed by atoms with van der Waals surface area (Å²) in [5, 5.41) is 8.90. The van der Waals surface area contributed by atoms with E-state index in [4.69, 9.17) is 5.26 Å². The number of hydrogen-bond acceptors (Lipinski definition) is 12. The molecule has 1 aromatic carbocycles. The quantitative estimate of drug-likeness (QED) is 0.377. The second kappa shape index (κ2) is 26.7. The maximum absolute atomic E-state index is 12.9. The van der Waals surface area contributed by atoms with E-state index >= 15 is 0 Å². The summed E-state index contributed by atoms with van der Waals surface area (Å²) in [5.74, 6) is 2.14. The van der Waals surface area contributed by atoms with Crippen LogP contribution in [0.15, 0.2) is 24.3 Å². The van der Waals surface area contributed by atoms with Crippen LogP contribution in [0.1, 0.15) is 74.8 Å². The Morgan fingerprint density at radius 2 is 0.948 bits per heavy atom. The molecule has 1 unspecified atom stereocenters. The van der Waals surface area contributed by atoms with Gasteiger partial charge in [0, 0.05) is 150 Å². The van der Waals surface area contributed by atoms with Gasteiger partial charge in [-0.15, -0.1) is 0 Å². The van der Waals surface area contributed by atoms with Crippen molar-refractivity contribution >= 4 is 29.5 Å². The van der Waals surface area contributed by atoms with Crippen LogP contribution in [0.4, 0.5) is 13.2 Å². The van der Waals surface area contributed by atoms with Gasteiger partial charge in [0.2, 0.25) is 29.5 Å². The molecule has 77 heavy (non-hydrogen) atoms. The highest BCUT2D eigenvalue weighted by Crippen LogP contribution is 2.58. The SMILES string of the molecule is CN1CCN(C(=O)C2(C#N)CC2)CC1.CN1CCN(C(=O)C2(C(F)(F)F)CC2)CC1.CN1CCN(C(=O)C2CN(C)C2)CC1.CN1CCN(C(=O)CC2CC2)CC1.Cc1ccc(C(C(=O)N2CCN(C)CC2)C2CC2)cc1. The summed E-state index contributed by atoms with van der Waals surface area (Å²) < 4.78 is 38.2. The Hall–Kier alpha value is -4.39.